The van der Waals surface area contributed by atoms with Crippen LogP contribution < -0.4 is 10.1 Å². The molecule has 9 heteroatoms. The standard InChI is InChI=1S/C23H27Cl2N3O3S/c1-4-5-7-28-15(2)19(23(29)26-6-8-30-3)12-21(28)20-14-32-22(27-20)13-31-18-10-16(24)9-17(25)11-18/h9-12,14H,4-8,13H2,1-3H3,(H,26,29). The summed E-state index contributed by atoms with van der Waals surface area (Å²) in [6, 6.07) is 7.02. The maximum Gasteiger partial charge on any atom is 0.253 e. The Kier molecular flexibility index (Phi) is 8.99. The lowest BCUT2D eigenvalue weighted by molar-refractivity contribution is 0.0936. The molecule has 0 aliphatic heterocycles. The number of aromatic nitrogens is 2. The minimum atomic E-state index is -0.104. The van der Waals surface area contributed by atoms with Gasteiger partial charge in [-0.05, 0) is 37.6 Å². The normalized spacial score (nSPS) is 11.0. The molecule has 32 heavy (non-hydrogen) atoms. The topological polar surface area (TPSA) is 65.4 Å². The summed E-state index contributed by atoms with van der Waals surface area (Å²) in [4.78, 5) is 17.4. The number of unbranched alkanes of at least 4 members (excludes halogenated alkanes) is 1. The molecule has 0 fully saturated rings. The molecule has 6 nitrogen and oxygen atoms in total. The molecule has 1 amide bonds. The predicted molar refractivity (Wildman–Crippen MR) is 130 cm³/mol. The molecule has 3 rings (SSSR count). The monoisotopic (exact) mass is 495 g/mol. The Hall–Kier alpha value is -2.06. The molecule has 172 valence electrons. The fraction of sp³-hybridized carbons (Fsp3) is 0.391. The van der Waals surface area contributed by atoms with Crippen molar-refractivity contribution in [1.82, 2.24) is 14.9 Å². The van der Waals surface area contributed by atoms with Crippen LogP contribution in [0, 0.1) is 6.92 Å². The number of hydrogen-bond donors (Lipinski definition) is 1. The zero-order valence-corrected chi connectivity index (χ0v) is 20.7. The first-order chi connectivity index (χ1) is 15.4. The largest absolute Gasteiger partial charge is 0.486 e. The second-order valence-electron chi connectivity index (χ2n) is 7.30. The van der Waals surface area contributed by atoms with Crippen molar-refractivity contribution in [2.24, 2.45) is 0 Å². The highest BCUT2D eigenvalue weighted by Gasteiger charge is 2.20. The van der Waals surface area contributed by atoms with E-state index in [4.69, 9.17) is 37.7 Å². The highest BCUT2D eigenvalue weighted by atomic mass is 35.5. The lowest BCUT2D eigenvalue weighted by Gasteiger charge is -2.10. The molecule has 0 saturated carbocycles. The van der Waals surface area contributed by atoms with Crippen LogP contribution in [-0.4, -0.2) is 35.7 Å². The average Bonchev–Trinajstić information content (AvgIpc) is 3.34. The van der Waals surface area contributed by atoms with Crippen molar-refractivity contribution in [3.8, 4) is 17.1 Å². The Bertz CT molecular complexity index is 1040. The number of halogens is 2. The Labute approximate surface area is 202 Å². The third kappa shape index (κ3) is 6.25. The minimum absolute atomic E-state index is 0.104. The van der Waals surface area contributed by atoms with Crippen molar-refractivity contribution in [2.75, 3.05) is 20.3 Å². The van der Waals surface area contributed by atoms with E-state index < -0.39 is 0 Å². The molecular weight excluding hydrogens is 469 g/mol. The van der Waals surface area contributed by atoms with Crippen molar-refractivity contribution in [3.63, 3.8) is 0 Å². The first-order valence-electron chi connectivity index (χ1n) is 10.4. The maximum absolute atomic E-state index is 12.7. The zero-order chi connectivity index (χ0) is 23.1. The van der Waals surface area contributed by atoms with Crippen molar-refractivity contribution >= 4 is 40.4 Å². The summed E-state index contributed by atoms with van der Waals surface area (Å²) in [6.07, 6.45) is 2.08. The van der Waals surface area contributed by atoms with Gasteiger partial charge in [0.1, 0.15) is 17.4 Å². The second kappa shape index (κ2) is 11.7. The Morgan fingerprint density at radius 3 is 2.66 bits per heavy atom. The number of nitrogens with one attached hydrogen (secondary N) is 1. The molecule has 0 atom stereocenters. The Balaban J connectivity index is 1.80. The lowest BCUT2D eigenvalue weighted by Crippen LogP contribution is -2.27. The van der Waals surface area contributed by atoms with E-state index in [2.05, 4.69) is 16.8 Å². The van der Waals surface area contributed by atoms with Gasteiger partial charge in [0, 0.05) is 41.3 Å². The quantitative estimate of drug-likeness (QED) is 0.332. The van der Waals surface area contributed by atoms with Crippen LogP contribution in [0.15, 0.2) is 29.6 Å². The highest BCUT2D eigenvalue weighted by molar-refractivity contribution is 7.09. The van der Waals surface area contributed by atoms with Gasteiger partial charge in [0.05, 0.1) is 23.6 Å². The smallest absolute Gasteiger partial charge is 0.253 e. The molecule has 1 aromatic carbocycles. The first-order valence-corrected chi connectivity index (χ1v) is 12.1. The van der Waals surface area contributed by atoms with Gasteiger partial charge < -0.3 is 19.4 Å². The van der Waals surface area contributed by atoms with Gasteiger partial charge in [0.2, 0.25) is 0 Å². The van der Waals surface area contributed by atoms with Gasteiger partial charge in [-0.3, -0.25) is 4.79 Å². The van der Waals surface area contributed by atoms with Gasteiger partial charge >= 0.3 is 0 Å². The van der Waals surface area contributed by atoms with Crippen LogP contribution in [0.2, 0.25) is 10.0 Å². The number of benzene rings is 1. The predicted octanol–water partition coefficient (Wildman–Crippen LogP) is 5.98. The number of thiazole rings is 1. The van der Waals surface area contributed by atoms with E-state index in [1.54, 1.807) is 25.3 Å². The van der Waals surface area contributed by atoms with Crippen LogP contribution in [-0.2, 0) is 17.9 Å². The summed E-state index contributed by atoms with van der Waals surface area (Å²) in [6.45, 7) is 6.20. The first kappa shape index (κ1) is 24.6. The van der Waals surface area contributed by atoms with Crippen LogP contribution in [0.1, 0.15) is 40.8 Å². The molecule has 0 bridgehead atoms. The average molecular weight is 496 g/mol. The molecule has 3 aromatic rings. The van der Waals surface area contributed by atoms with E-state index in [-0.39, 0.29) is 5.91 Å². The summed E-state index contributed by atoms with van der Waals surface area (Å²) in [7, 11) is 1.61. The molecule has 0 saturated heterocycles. The van der Waals surface area contributed by atoms with Crippen LogP contribution in [0.3, 0.4) is 0 Å². The van der Waals surface area contributed by atoms with Gasteiger partial charge in [0.15, 0.2) is 0 Å². The third-order valence-corrected chi connectivity index (χ3v) is 6.21. The lowest BCUT2D eigenvalue weighted by atomic mass is 10.2. The van der Waals surface area contributed by atoms with Crippen molar-refractivity contribution in [3.05, 3.63) is 56.0 Å². The number of carbonyl (C=O) groups excluding carboxylic acids is 1. The molecule has 0 aliphatic carbocycles. The van der Waals surface area contributed by atoms with Crippen LogP contribution in [0.4, 0.5) is 0 Å². The number of methoxy groups -OCH3 is 1. The Morgan fingerprint density at radius 2 is 1.97 bits per heavy atom. The number of nitrogens with zero attached hydrogens (tertiary/aromatic N) is 2. The maximum atomic E-state index is 12.7. The molecule has 1 N–H and O–H groups in total. The van der Waals surface area contributed by atoms with Gasteiger partial charge in [-0.25, -0.2) is 4.98 Å². The van der Waals surface area contributed by atoms with Gasteiger partial charge in [0.25, 0.3) is 5.91 Å². The van der Waals surface area contributed by atoms with Crippen LogP contribution >= 0.6 is 34.5 Å². The third-order valence-electron chi connectivity index (χ3n) is 4.95. The Morgan fingerprint density at radius 1 is 1.22 bits per heavy atom. The van der Waals surface area contributed by atoms with Crippen LogP contribution in [0.5, 0.6) is 5.75 Å². The van der Waals surface area contributed by atoms with E-state index in [1.807, 2.05) is 18.4 Å². The molecule has 2 aromatic heterocycles. The SMILES string of the molecule is CCCCn1c(-c2csc(COc3cc(Cl)cc(Cl)c3)n2)cc(C(=O)NCCOC)c1C. The zero-order valence-electron chi connectivity index (χ0n) is 18.4. The van der Waals surface area contributed by atoms with Gasteiger partial charge in [-0.2, -0.15) is 0 Å². The highest BCUT2D eigenvalue weighted by Crippen LogP contribution is 2.29. The van der Waals surface area contributed by atoms with Crippen LogP contribution in [0.25, 0.3) is 11.4 Å². The number of amides is 1. The summed E-state index contributed by atoms with van der Waals surface area (Å²) >= 11 is 13.6. The van der Waals surface area contributed by atoms with Crippen molar-refractivity contribution < 1.29 is 14.3 Å². The van der Waals surface area contributed by atoms with Gasteiger partial charge in [-0.15, -0.1) is 11.3 Å². The second-order valence-corrected chi connectivity index (χ2v) is 9.12. The molecule has 2 heterocycles. The molecule has 0 aliphatic rings. The van der Waals surface area contributed by atoms with E-state index >= 15 is 0 Å². The summed E-state index contributed by atoms with van der Waals surface area (Å²) in [5.41, 5.74) is 3.35. The number of rotatable bonds is 11. The molecule has 0 spiro atoms. The summed E-state index contributed by atoms with van der Waals surface area (Å²) in [5.74, 6) is 0.490. The molecular formula is C23H27Cl2N3O3S. The van der Waals surface area contributed by atoms with E-state index in [0.717, 1.165) is 41.5 Å². The number of ether oxygens (including phenoxy) is 2. The number of hydrogen-bond acceptors (Lipinski definition) is 5. The van der Waals surface area contributed by atoms with E-state index in [9.17, 15) is 4.79 Å². The van der Waals surface area contributed by atoms with Crippen molar-refractivity contribution in [1.29, 1.82) is 0 Å². The summed E-state index contributed by atoms with van der Waals surface area (Å²) < 4.78 is 13.0. The fourth-order valence-corrected chi connectivity index (χ4v) is 4.51. The van der Waals surface area contributed by atoms with E-state index in [0.29, 0.717) is 41.1 Å². The summed E-state index contributed by atoms with van der Waals surface area (Å²) in [5, 5.41) is 6.76. The molecule has 0 radical (unpaired) electrons. The minimum Gasteiger partial charge on any atom is -0.486 e. The number of carbonyl (C=O) groups is 1. The van der Waals surface area contributed by atoms with Crippen molar-refractivity contribution in [2.45, 2.75) is 39.8 Å². The molecule has 0 unspecified atom stereocenters. The fourth-order valence-electron chi connectivity index (χ4n) is 3.31. The van der Waals surface area contributed by atoms with E-state index in [1.165, 1.54) is 11.3 Å². The van der Waals surface area contributed by atoms with Gasteiger partial charge in [-0.1, -0.05) is 36.5 Å².